The van der Waals surface area contributed by atoms with E-state index in [1.54, 1.807) is 30.3 Å². The number of hydrogen-bond donors (Lipinski definition) is 1. The first-order valence-corrected chi connectivity index (χ1v) is 7.18. The van der Waals surface area contributed by atoms with Crippen LogP contribution in [0.2, 0.25) is 5.02 Å². The Morgan fingerprint density at radius 1 is 1.09 bits per heavy atom. The number of para-hydroxylation sites is 1. The van der Waals surface area contributed by atoms with Crippen LogP contribution in [0.25, 0.3) is 0 Å². The van der Waals surface area contributed by atoms with Crippen LogP contribution in [0.5, 0.6) is 0 Å². The van der Waals surface area contributed by atoms with E-state index >= 15 is 0 Å². The van der Waals surface area contributed by atoms with Crippen LogP contribution < -0.4 is 5.32 Å². The Labute approximate surface area is 134 Å². The van der Waals surface area contributed by atoms with Gasteiger partial charge in [-0.1, -0.05) is 29.8 Å². The predicted octanol–water partition coefficient (Wildman–Crippen LogP) is 3.83. The number of esters is 1. The molecule has 0 fully saturated rings. The minimum atomic E-state index is -0.900. The summed E-state index contributed by atoms with van der Waals surface area (Å²) in [5.41, 5.74) is 1.98. The Balaban J connectivity index is 1.98. The zero-order valence-corrected chi connectivity index (χ0v) is 13.1. The third-order valence-electron chi connectivity index (χ3n) is 3.14. The topological polar surface area (TPSA) is 55.4 Å². The highest BCUT2D eigenvalue weighted by atomic mass is 35.5. The Morgan fingerprint density at radius 3 is 2.36 bits per heavy atom. The maximum Gasteiger partial charge on any atom is 0.338 e. The highest BCUT2D eigenvalue weighted by Crippen LogP contribution is 2.15. The van der Waals surface area contributed by atoms with Gasteiger partial charge >= 0.3 is 5.97 Å². The summed E-state index contributed by atoms with van der Waals surface area (Å²) in [5, 5.41) is 3.27. The molecule has 1 N–H and O–H groups in total. The molecule has 2 aromatic carbocycles. The summed E-state index contributed by atoms with van der Waals surface area (Å²) >= 11 is 5.76. The lowest BCUT2D eigenvalue weighted by Crippen LogP contribution is -2.30. The maximum atomic E-state index is 12.1. The number of carbonyl (C=O) groups excluding carboxylic acids is 2. The molecule has 0 aliphatic heterocycles. The van der Waals surface area contributed by atoms with Crippen molar-refractivity contribution >= 4 is 29.2 Å². The molecule has 0 saturated carbocycles. The van der Waals surface area contributed by atoms with E-state index in [1.807, 2.05) is 25.1 Å². The first kappa shape index (κ1) is 16.0. The highest BCUT2D eigenvalue weighted by molar-refractivity contribution is 6.30. The Bertz CT molecular complexity index is 683. The molecule has 0 aliphatic carbocycles. The van der Waals surface area contributed by atoms with Gasteiger partial charge in [-0.25, -0.2) is 4.79 Å². The molecule has 2 rings (SSSR count). The van der Waals surface area contributed by atoms with Crippen LogP contribution in [0, 0.1) is 6.92 Å². The van der Waals surface area contributed by atoms with Gasteiger partial charge < -0.3 is 10.1 Å². The van der Waals surface area contributed by atoms with E-state index in [0.717, 1.165) is 5.56 Å². The van der Waals surface area contributed by atoms with Gasteiger partial charge in [0.05, 0.1) is 5.56 Å². The van der Waals surface area contributed by atoms with Crippen molar-refractivity contribution in [1.82, 2.24) is 0 Å². The fourth-order valence-electron chi connectivity index (χ4n) is 1.82. The van der Waals surface area contributed by atoms with Gasteiger partial charge in [-0.15, -0.1) is 0 Å². The van der Waals surface area contributed by atoms with E-state index in [0.29, 0.717) is 16.3 Å². The van der Waals surface area contributed by atoms with Gasteiger partial charge in [0.25, 0.3) is 5.91 Å². The number of ether oxygens (including phenoxy) is 1. The first-order valence-electron chi connectivity index (χ1n) is 6.80. The fourth-order valence-corrected chi connectivity index (χ4v) is 1.94. The van der Waals surface area contributed by atoms with E-state index in [-0.39, 0.29) is 5.91 Å². The molecule has 2 aromatic rings. The predicted molar refractivity (Wildman–Crippen MR) is 86.1 cm³/mol. The highest BCUT2D eigenvalue weighted by Gasteiger charge is 2.19. The van der Waals surface area contributed by atoms with Crippen molar-refractivity contribution in [3.8, 4) is 0 Å². The van der Waals surface area contributed by atoms with Crippen LogP contribution in [0.3, 0.4) is 0 Å². The van der Waals surface area contributed by atoms with Crippen molar-refractivity contribution in [2.75, 3.05) is 5.32 Å². The molecule has 22 heavy (non-hydrogen) atoms. The van der Waals surface area contributed by atoms with Gasteiger partial charge in [0.1, 0.15) is 0 Å². The molecule has 114 valence electrons. The van der Waals surface area contributed by atoms with E-state index < -0.39 is 12.1 Å². The van der Waals surface area contributed by atoms with Crippen molar-refractivity contribution in [2.45, 2.75) is 20.0 Å². The summed E-state index contributed by atoms with van der Waals surface area (Å²) in [7, 11) is 0. The lowest BCUT2D eigenvalue weighted by Gasteiger charge is -2.14. The number of rotatable bonds is 4. The molecule has 1 atom stereocenters. The minimum absolute atomic E-state index is 0.347. The number of amides is 1. The molecule has 4 nitrogen and oxygen atoms in total. The summed E-state index contributed by atoms with van der Waals surface area (Å²) in [6.45, 7) is 3.42. The van der Waals surface area contributed by atoms with Gasteiger partial charge in [0, 0.05) is 10.7 Å². The zero-order valence-electron chi connectivity index (χ0n) is 12.3. The number of benzene rings is 2. The normalized spacial score (nSPS) is 11.6. The quantitative estimate of drug-likeness (QED) is 0.872. The molecule has 0 unspecified atom stereocenters. The number of halogens is 1. The maximum absolute atomic E-state index is 12.1. The molecule has 1 amide bonds. The van der Waals surface area contributed by atoms with Crippen LogP contribution in [-0.2, 0) is 9.53 Å². The number of anilines is 1. The summed E-state index contributed by atoms with van der Waals surface area (Å²) in [6, 6.07) is 13.7. The molecule has 0 aromatic heterocycles. The van der Waals surface area contributed by atoms with Crippen LogP contribution in [0.4, 0.5) is 5.69 Å². The average molecular weight is 318 g/mol. The van der Waals surface area contributed by atoms with Crippen LogP contribution in [-0.4, -0.2) is 18.0 Å². The largest absolute Gasteiger partial charge is 0.449 e. The average Bonchev–Trinajstić information content (AvgIpc) is 2.50. The zero-order chi connectivity index (χ0) is 16.1. The van der Waals surface area contributed by atoms with Gasteiger partial charge in [-0.05, 0) is 49.7 Å². The second-order valence-corrected chi connectivity index (χ2v) is 5.30. The number of hydrogen-bond acceptors (Lipinski definition) is 3. The van der Waals surface area contributed by atoms with Crippen molar-refractivity contribution < 1.29 is 14.3 Å². The molecule has 0 radical (unpaired) electrons. The molecular weight excluding hydrogens is 302 g/mol. The van der Waals surface area contributed by atoms with Crippen molar-refractivity contribution in [1.29, 1.82) is 0 Å². The number of aryl methyl sites for hydroxylation is 1. The van der Waals surface area contributed by atoms with Gasteiger partial charge in [0.15, 0.2) is 6.10 Å². The Morgan fingerprint density at radius 2 is 1.73 bits per heavy atom. The van der Waals surface area contributed by atoms with E-state index in [2.05, 4.69) is 5.32 Å². The number of nitrogens with one attached hydrogen (secondary N) is 1. The second kappa shape index (κ2) is 7.09. The molecular formula is C17H16ClNO3. The lowest BCUT2D eigenvalue weighted by atomic mass is 10.2. The molecule has 0 heterocycles. The van der Waals surface area contributed by atoms with Crippen molar-refractivity contribution in [3.05, 3.63) is 64.7 Å². The fraction of sp³-hybridized carbons (Fsp3) is 0.176. The molecule has 0 bridgehead atoms. The van der Waals surface area contributed by atoms with E-state index in [1.165, 1.54) is 6.92 Å². The monoisotopic (exact) mass is 317 g/mol. The lowest BCUT2D eigenvalue weighted by molar-refractivity contribution is -0.123. The molecule has 5 heteroatoms. The molecule has 0 spiro atoms. The van der Waals surface area contributed by atoms with Crippen molar-refractivity contribution in [2.24, 2.45) is 0 Å². The van der Waals surface area contributed by atoms with E-state index in [4.69, 9.17) is 16.3 Å². The standard InChI is InChI=1S/C17H16ClNO3/c1-11-5-3-4-6-15(11)19-16(20)12(2)22-17(21)13-7-9-14(18)10-8-13/h3-10,12H,1-2H3,(H,19,20)/t12-/m1/s1. The SMILES string of the molecule is Cc1ccccc1NC(=O)[C@@H](C)OC(=O)c1ccc(Cl)cc1. The summed E-state index contributed by atoms with van der Waals surface area (Å²) in [4.78, 5) is 24.0. The van der Waals surface area contributed by atoms with Gasteiger partial charge in [-0.2, -0.15) is 0 Å². The second-order valence-electron chi connectivity index (χ2n) is 4.86. The van der Waals surface area contributed by atoms with E-state index in [9.17, 15) is 9.59 Å². The van der Waals surface area contributed by atoms with Crippen LogP contribution in [0.15, 0.2) is 48.5 Å². The first-order chi connectivity index (χ1) is 10.5. The van der Waals surface area contributed by atoms with Gasteiger partial charge in [0.2, 0.25) is 0 Å². The smallest absolute Gasteiger partial charge is 0.338 e. The molecule has 0 aliphatic rings. The third-order valence-corrected chi connectivity index (χ3v) is 3.39. The third kappa shape index (κ3) is 4.09. The summed E-state index contributed by atoms with van der Waals surface area (Å²) in [5.74, 6) is -0.944. The minimum Gasteiger partial charge on any atom is -0.449 e. The molecule has 0 saturated heterocycles. The Hall–Kier alpha value is -2.33. The summed E-state index contributed by atoms with van der Waals surface area (Å²) < 4.78 is 5.16. The van der Waals surface area contributed by atoms with Crippen molar-refractivity contribution in [3.63, 3.8) is 0 Å². The van der Waals surface area contributed by atoms with Gasteiger partial charge in [-0.3, -0.25) is 4.79 Å². The Kier molecular flexibility index (Phi) is 5.17. The van der Waals surface area contributed by atoms with Crippen LogP contribution >= 0.6 is 11.6 Å². The van der Waals surface area contributed by atoms with Crippen LogP contribution in [0.1, 0.15) is 22.8 Å². The summed E-state index contributed by atoms with van der Waals surface area (Å²) in [6.07, 6.45) is -0.900. The number of carbonyl (C=O) groups is 2.